The van der Waals surface area contributed by atoms with Gasteiger partial charge in [-0.15, -0.1) is 21.6 Å². The first-order chi connectivity index (χ1) is 7.88. The lowest BCUT2D eigenvalue weighted by molar-refractivity contribution is 0.340. The van der Waals surface area contributed by atoms with Crippen LogP contribution in [0.2, 0.25) is 0 Å². The van der Waals surface area contributed by atoms with Gasteiger partial charge in [-0.1, -0.05) is 0 Å². The summed E-state index contributed by atoms with van der Waals surface area (Å²) in [6.07, 6.45) is 1.71. The van der Waals surface area contributed by atoms with Crippen LogP contribution >= 0.6 is 11.3 Å². The molecule has 0 saturated heterocycles. The number of hydrogen-bond acceptors (Lipinski definition) is 5. The molecule has 4 nitrogen and oxygen atoms in total. The fraction of sp³-hybridized carbons (Fsp3) is 0.182. The van der Waals surface area contributed by atoms with Gasteiger partial charge in [0, 0.05) is 11.6 Å². The van der Waals surface area contributed by atoms with Crippen molar-refractivity contribution in [2.75, 3.05) is 6.61 Å². The van der Waals surface area contributed by atoms with E-state index in [1.807, 2.05) is 36.6 Å². The molecule has 0 bridgehead atoms. The Balaban J connectivity index is 2.05. The van der Waals surface area contributed by atoms with Crippen molar-refractivity contribution in [3.05, 3.63) is 35.8 Å². The molecule has 1 aromatic carbocycles. The van der Waals surface area contributed by atoms with Crippen LogP contribution in [0, 0.1) is 0 Å². The van der Waals surface area contributed by atoms with Gasteiger partial charge in [-0.05, 0) is 31.2 Å². The summed E-state index contributed by atoms with van der Waals surface area (Å²) < 4.78 is 5.33. The Morgan fingerprint density at radius 3 is 2.69 bits per heavy atom. The average molecular weight is 233 g/mol. The molecule has 0 saturated carbocycles. The minimum absolute atomic E-state index is 0.661. The summed E-state index contributed by atoms with van der Waals surface area (Å²) >= 11 is 1.46. The van der Waals surface area contributed by atoms with Gasteiger partial charge >= 0.3 is 0 Å². The maximum atomic E-state index is 5.33. The molecular formula is C11H11N3OS. The van der Waals surface area contributed by atoms with E-state index in [0.29, 0.717) is 11.7 Å². The number of aromatic nitrogens is 1. The SMILES string of the molecule is CCOc1ccc(N=Nc2nccs2)cc1. The molecule has 0 amide bonds. The van der Waals surface area contributed by atoms with E-state index >= 15 is 0 Å². The number of azo groups is 1. The molecule has 0 radical (unpaired) electrons. The zero-order valence-electron chi connectivity index (χ0n) is 8.83. The summed E-state index contributed by atoms with van der Waals surface area (Å²) in [5.41, 5.74) is 0.790. The van der Waals surface area contributed by atoms with Crippen molar-refractivity contribution in [2.45, 2.75) is 6.92 Å². The summed E-state index contributed by atoms with van der Waals surface area (Å²) in [5.74, 6) is 0.843. The van der Waals surface area contributed by atoms with Crippen molar-refractivity contribution in [3.8, 4) is 5.75 Å². The molecule has 1 heterocycles. The molecule has 0 N–H and O–H groups in total. The lowest BCUT2D eigenvalue weighted by Crippen LogP contribution is -1.89. The maximum Gasteiger partial charge on any atom is 0.229 e. The summed E-state index contributed by atoms with van der Waals surface area (Å²) in [7, 11) is 0. The van der Waals surface area contributed by atoms with Crippen molar-refractivity contribution < 1.29 is 4.74 Å². The van der Waals surface area contributed by atoms with E-state index in [1.165, 1.54) is 11.3 Å². The number of thiazole rings is 1. The van der Waals surface area contributed by atoms with Gasteiger partial charge in [-0.25, -0.2) is 4.98 Å². The van der Waals surface area contributed by atoms with E-state index in [4.69, 9.17) is 4.74 Å². The van der Waals surface area contributed by atoms with E-state index in [9.17, 15) is 0 Å². The van der Waals surface area contributed by atoms with Crippen LogP contribution in [0.1, 0.15) is 6.92 Å². The second-order valence-electron chi connectivity index (χ2n) is 2.94. The molecule has 82 valence electrons. The van der Waals surface area contributed by atoms with Crippen molar-refractivity contribution >= 4 is 22.2 Å². The van der Waals surface area contributed by atoms with E-state index < -0.39 is 0 Å². The lowest BCUT2D eigenvalue weighted by Gasteiger charge is -2.01. The first kappa shape index (κ1) is 10.8. The molecule has 0 fully saturated rings. The van der Waals surface area contributed by atoms with Crippen molar-refractivity contribution in [1.29, 1.82) is 0 Å². The van der Waals surface area contributed by atoms with Crippen molar-refractivity contribution in [1.82, 2.24) is 4.98 Å². The first-order valence-electron chi connectivity index (χ1n) is 4.92. The Hall–Kier alpha value is -1.75. The Labute approximate surface area is 97.6 Å². The monoisotopic (exact) mass is 233 g/mol. The molecule has 0 aliphatic heterocycles. The molecule has 5 heteroatoms. The van der Waals surface area contributed by atoms with Crippen LogP contribution in [-0.4, -0.2) is 11.6 Å². The third-order valence-corrected chi connectivity index (χ3v) is 2.47. The molecule has 0 unspecified atom stereocenters. The number of ether oxygens (including phenoxy) is 1. The smallest absolute Gasteiger partial charge is 0.229 e. The summed E-state index contributed by atoms with van der Waals surface area (Å²) in [6.45, 7) is 2.62. The first-order valence-corrected chi connectivity index (χ1v) is 5.80. The van der Waals surface area contributed by atoms with Crippen LogP contribution in [0.4, 0.5) is 10.8 Å². The van der Waals surface area contributed by atoms with Crippen molar-refractivity contribution in [2.24, 2.45) is 10.2 Å². The Bertz CT molecular complexity index is 451. The minimum Gasteiger partial charge on any atom is -0.494 e. The Morgan fingerprint density at radius 1 is 1.25 bits per heavy atom. The van der Waals surface area contributed by atoms with Gasteiger partial charge < -0.3 is 4.74 Å². The van der Waals surface area contributed by atoms with Crippen molar-refractivity contribution in [3.63, 3.8) is 0 Å². The van der Waals surface area contributed by atoms with E-state index in [-0.39, 0.29) is 0 Å². The predicted octanol–water partition coefficient (Wildman–Crippen LogP) is 3.96. The molecule has 2 rings (SSSR count). The van der Waals surface area contributed by atoms with Gasteiger partial charge in [0.25, 0.3) is 0 Å². The normalized spacial score (nSPS) is 10.8. The van der Waals surface area contributed by atoms with Gasteiger partial charge in [0.2, 0.25) is 5.13 Å². The van der Waals surface area contributed by atoms with Crippen LogP contribution in [0.5, 0.6) is 5.75 Å². The summed E-state index contributed by atoms with van der Waals surface area (Å²) in [5, 5.41) is 10.6. The van der Waals surface area contributed by atoms with Crippen LogP contribution in [-0.2, 0) is 0 Å². The molecule has 0 spiro atoms. The number of nitrogens with zero attached hydrogens (tertiary/aromatic N) is 3. The Morgan fingerprint density at radius 2 is 2.06 bits per heavy atom. The molecular weight excluding hydrogens is 222 g/mol. The largest absolute Gasteiger partial charge is 0.494 e. The third kappa shape index (κ3) is 2.87. The van der Waals surface area contributed by atoms with E-state index in [1.54, 1.807) is 6.20 Å². The molecule has 2 aromatic rings. The predicted molar refractivity (Wildman–Crippen MR) is 63.9 cm³/mol. The highest BCUT2D eigenvalue weighted by Crippen LogP contribution is 2.22. The highest BCUT2D eigenvalue weighted by atomic mass is 32.1. The fourth-order valence-corrected chi connectivity index (χ4v) is 1.59. The second kappa shape index (κ2) is 5.37. The van der Waals surface area contributed by atoms with E-state index in [2.05, 4.69) is 15.2 Å². The summed E-state index contributed by atoms with van der Waals surface area (Å²) in [6, 6.07) is 7.48. The van der Waals surface area contributed by atoms with Gasteiger partial charge in [-0.2, -0.15) is 0 Å². The van der Waals surface area contributed by atoms with Gasteiger partial charge in [0.15, 0.2) is 0 Å². The lowest BCUT2D eigenvalue weighted by atomic mass is 10.3. The van der Waals surface area contributed by atoms with Gasteiger partial charge in [-0.3, -0.25) is 0 Å². The van der Waals surface area contributed by atoms with Crippen LogP contribution < -0.4 is 4.74 Å². The van der Waals surface area contributed by atoms with Crippen LogP contribution in [0.25, 0.3) is 0 Å². The zero-order valence-corrected chi connectivity index (χ0v) is 9.65. The van der Waals surface area contributed by atoms with Gasteiger partial charge in [0.05, 0.1) is 12.3 Å². The van der Waals surface area contributed by atoms with Crippen LogP contribution in [0.15, 0.2) is 46.1 Å². The average Bonchev–Trinajstić information content (AvgIpc) is 2.82. The number of hydrogen-bond donors (Lipinski definition) is 0. The maximum absolute atomic E-state index is 5.33. The highest BCUT2D eigenvalue weighted by Gasteiger charge is 1.94. The number of rotatable bonds is 4. The Kier molecular flexibility index (Phi) is 3.61. The summed E-state index contributed by atoms with van der Waals surface area (Å²) in [4.78, 5) is 4.01. The zero-order chi connectivity index (χ0) is 11.2. The standard InChI is InChI=1S/C11H11N3OS/c1-2-15-10-5-3-9(4-6-10)13-14-11-12-7-8-16-11/h3-8H,2H2,1H3. The van der Waals surface area contributed by atoms with E-state index in [0.717, 1.165) is 11.4 Å². The highest BCUT2D eigenvalue weighted by molar-refractivity contribution is 7.13. The molecule has 0 aliphatic rings. The minimum atomic E-state index is 0.661. The second-order valence-corrected chi connectivity index (χ2v) is 3.81. The molecule has 16 heavy (non-hydrogen) atoms. The molecule has 0 aliphatic carbocycles. The third-order valence-electron chi connectivity index (χ3n) is 1.82. The topological polar surface area (TPSA) is 46.8 Å². The van der Waals surface area contributed by atoms with Crippen LogP contribution in [0.3, 0.4) is 0 Å². The van der Waals surface area contributed by atoms with Gasteiger partial charge in [0.1, 0.15) is 5.75 Å². The molecule has 1 aromatic heterocycles. The fourth-order valence-electron chi connectivity index (χ4n) is 1.14. The number of benzene rings is 1. The molecule has 0 atom stereocenters. The quantitative estimate of drug-likeness (QED) is 0.750.